The number of carboxylic acids is 1. The van der Waals surface area contributed by atoms with Gasteiger partial charge in [-0.15, -0.1) is 0 Å². The van der Waals surface area contributed by atoms with E-state index in [2.05, 4.69) is 5.32 Å². The molecule has 0 radical (unpaired) electrons. The number of carboxylic acid groups (broad SMARTS) is 1. The van der Waals surface area contributed by atoms with Crippen molar-refractivity contribution in [1.29, 1.82) is 0 Å². The van der Waals surface area contributed by atoms with Crippen LogP contribution < -0.4 is 5.32 Å². The van der Waals surface area contributed by atoms with Crippen LogP contribution in [-0.2, 0) is 14.8 Å². The van der Waals surface area contributed by atoms with Gasteiger partial charge in [-0.25, -0.2) is 8.42 Å². The van der Waals surface area contributed by atoms with Gasteiger partial charge in [0.25, 0.3) is 0 Å². The Labute approximate surface area is 89.3 Å². The quantitative estimate of drug-likeness (QED) is 0.662. The van der Waals surface area contributed by atoms with Crippen LogP contribution in [0.5, 0.6) is 0 Å². The molecule has 1 fully saturated rings. The molecule has 88 valence electrons. The number of hydrogen-bond donors (Lipinski definition) is 2. The van der Waals surface area contributed by atoms with Crippen molar-refractivity contribution in [2.24, 2.45) is 0 Å². The van der Waals surface area contributed by atoms with Crippen molar-refractivity contribution in [3.63, 3.8) is 0 Å². The number of rotatable bonds is 3. The molecule has 6 nitrogen and oxygen atoms in total. The maximum Gasteiger partial charge on any atom is 0.304 e. The largest absolute Gasteiger partial charge is 0.481 e. The molecule has 0 amide bonds. The summed E-state index contributed by atoms with van der Waals surface area (Å²) < 4.78 is 24.1. The Morgan fingerprint density at radius 1 is 1.60 bits per heavy atom. The maximum absolute atomic E-state index is 11.4. The summed E-state index contributed by atoms with van der Waals surface area (Å²) in [5.74, 6) is -0.922. The molecular formula is C8H16N2O4S. The van der Waals surface area contributed by atoms with Crippen molar-refractivity contribution in [2.75, 3.05) is 19.3 Å². The Hall–Kier alpha value is -0.660. The van der Waals surface area contributed by atoms with Gasteiger partial charge in [-0.1, -0.05) is 0 Å². The highest BCUT2D eigenvalue weighted by atomic mass is 32.2. The van der Waals surface area contributed by atoms with Gasteiger partial charge in [0.05, 0.1) is 12.7 Å². The van der Waals surface area contributed by atoms with Gasteiger partial charge >= 0.3 is 5.97 Å². The van der Waals surface area contributed by atoms with Crippen molar-refractivity contribution in [3.05, 3.63) is 0 Å². The van der Waals surface area contributed by atoms with Crippen molar-refractivity contribution in [2.45, 2.75) is 25.4 Å². The first kappa shape index (κ1) is 12.4. The third-order valence-corrected chi connectivity index (χ3v) is 3.96. The average Bonchev–Trinajstić information content (AvgIpc) is 2.05. The molecule has 1 rings (SSSR count). The van der Waals surface area contributed by atoms with E-state index in [9.17, 15) is 13.2 Å². The Morgan fingerprint density at radius 2 is 2.20 bits per heavy atom. The van der Waals surface area contributed by atoms with E-state index in [-0.39, 0.29) is 18.5 Å². The molecular weight excluding hydrogens is 220 g/mol. The Morgan fingerprint density at radius 3 is 2.67 bits per heavy atom. The van der Waals surface area contributed by atoms with E-state index in [1.165, 1.54) is 4.31 Å². The maximum atomic E-state index is 11.4. The van der Waals surface area contributed by atoms with Gasteiger partial charge in [-0.05, 0) is 6.92 Å². The zero-order valence-corrected chi connectivity index (χ0v) is 9.62. The van der Waals surface area contributed by atoms with Crippen LogP contribution in [0.15, 0.2) is 0 Å². The van der Waals surface area contributed by atoms with Crippen LogP contribution in [0.25, 0.3) is 0 Å². The lowest BCUT2D eigenvalue weighted by molar-refractivity contribution is -0.138. The van der Waals surface area contributed by atoms with Crippen LogP contribution in [0, 0.1) is 0 Å². The molecule has 1 aliphatic rings. The van der Waals surface area contributed by atoms with Gasteiger partial charge in [-0.2, -0.15) is 4.31 Å². The first-order chi connectivity index (χ1) is 6.82. The molecule has 0 saturated carbocycles. The minimum atomic E-state index is -3.24. The molecule has 0 spiro atoms. The fourth-order valence-corrected chi connectivity index (χ4v) is 3.01. The first-order valence-corrected chi connectivity index (χ1v) is 6.59. The van der Waals surface area contributed by atoms with E-state index in [0.29, 0.717) is 13.1 Å². The number of aliphatic carboxylic acids is 1. The summed E-state index contributed by atoms with van der Waals surface area (Å²) in [6, 6.07) is -0.629. The number of nitrogens with one attached hydrogen (secondary N) is 1. The molecule has 15 heavy (non-hydrogen) atoms. The van der Waals surface area contributed by atoms with E-state index in [4.69, 9.17) is 5.11 Å². The minimum Gasteiger partial charge on any atom is -0.481 e. The summed E-state index contributed by atoms with van der Waals surface area (Å²) in [7, 11) is -3.24. The van der Waals surface area contributed by atoms with Gasteiger partial charge in [0.1, 0.15) is 0 Å². The van der Waals surface area contributed by atoms with Crippen LogP contribution in [0.1, 0.15) is 13.3 Å². The first-order valence-electron chi connectivity index (χ1n) is 4.74. The molecule has 0 aromatic carbocycles. The van der Waals surface area contributed by atoms with Crippen LogP contribution in [0.4, 0.5) is 0 Å². The SMILES string of the molecule is CC1C(CC(=O)O)NCCN1S(C)(=O)=O. The summed E-state index contributed by atoms with van der Waals surface area (Å²) in [6.07, 6.45) is 1.08. The summed E-state index contributed by atoms with van der Waals surface area (Å²) in [5.41, 5.74) is 0. The lowest BCUT2D eigenvalue weighted by Gasteiger charge is -2.37. The lowest BCUT2D eigenvalue weighted by atomic mass is 10.0. The zero-order valence-electron chi connectivity index (χ0n) is 8.80. The predicted molar refractivity (Wildman–Crippen MR) is 55.1 cm³/mol. The number of nitrogens with zero attached hydrogens (tertiary/aromatic N) is 1. The molecule has 0 bridgehead atoms. The summed E-state index contributed by atoms with van der Waals surface area (Å²) in [4.78, 5) is 10.6. The number of sulfonamides is 1. The van der Waals surface area contributed by atoms with Gasteiger partial charge < -0.3 is 10.4 Å². The summed E-state index contributed by atoms with van der Waals surface area (Å²) >= 11 is 0. The molecule has 1 saturated heterocycles. The van der Waals surface area contributed by atoms with Gasteiger partial charge in [0, 0.05) is 25.2 Å². The number of hydrogen-bond acceptors (Lipinski definition) is 4. The van der Waals surface area contributed by atoms with Crippen molar-refractivity contribution < 1.29 is 18.3 Å². The molecule has 2 atom stereocenters. The molecule has 7 heteroatoms. The second kappa shape index (κ2) is 4.46. The van der Waals surface area contributed by atoms with E-state index in [0.717, 1.165) is 6.26 Å². The Kier molecular flexibility index (Phi) is 3.69. The molecule has 0 aromatic heterocycles. The van der Waals surface area contributed by atoms with Crippen LogP contribution in [-0.4, -0.2) is 55.2 Å². The van der Waals surface area contributed by atoms with Crippen molar-refractivity contribution in [3.8, 4) is 0 Å². The predicted octanol–water partition coefficient (Wildman–Crippen LogP) is -0.917. The van der Waals surface area contributed by atoms with E-state index in [1.54, 1.807) is 6.92 Å². The second-order valence-corrected chi connectivity index (χ2v) is 5.71. The number of carbonyl (C=O) groups is 1. The molecule has 2 N–H and O–H groups in total. The third kappa shape index (κ3) is 3.15. The van der Waals surface area contributed by atoms with Crippen molar-refractivity contribution in [1.82, 2.24) is 9.62 Å². The topological polar surface area (TPSA) is 86.7 Å². The summed E-state index contributed by atoms with van der Waals surface area (Å²) in [5, 5.41) is 11.7. The Balaban J connectivity index is 2.75. The zero-order chi connectivity index (χ0) is 11.6. The van der Waals surface area contributed by atoms with Crippen LogP contribution in [0.2, 0.25) is 0 Å². The fourth-order valence-electron chi connectivity index (χ4n) is 1.83. The Bertz CT molecular complexity index is 341. The van der Waals surface area contributed by atoms with E-state index < -0.39 is 16.0 Å². The standard InChI is InChI=1S/C8H16N2O4S/c1-6-7(5-8(11)12)9-3-4-10(6)15(2,13)14/h6-7,9H,3-5H2,1-2H3,(H,11,12). The molecule has 1 aliphatic heterocycles. The highest BCUT2D eigenvalue weighted by Gasteiger charge is 2.33. The third-order valence-electron chi connectivity index (χ3n) is 2.60. The van der Waals surface area contributed by atoms with Gasteiger partial charge in [0.15, 0.2) is 0 Å². The molecule has 0 aliphatic carbocycles. The molecule has 2 unspecified atom stereocenters. The highest BCUT2D eigenvalue weighted by molar-refractivity contribution is 7.88. The van der Waals surface area contributed by atoms with Crippen LogP contribution >= 0.6 is 0 Å². The lowest BCUT2D eigenvalue weighted by Crippen LogP contribution is -2.58. The van der Waals surface area contributed by atoms with Crippen molar-refractivity contribution >= 4 is 16.0 Å². The average molecular weight is 236 g/mol. The smallest absolute Gasteiger partial charge is 0.304 e. The van der Waals surface area contributed by atoms with E-state index in [1.807, 2.05) is 0 Å². The highest BCUT2D eigenvalue weighted by Crippen LogP contribution is 2.15. The van der Waals surface area contributed by atoms with Crippen LogP contribution in [0.3, 0.4) is 0 Å². The van der Waals surface area contributed by atoms with Gasteiger partial charge in [0.2, 0.25) is 10.0 Å². The molecule has 0 aromatic rings. The minimum absolute atomic E-state index is 0.0623. The fraction of sp³-hybridized carbons (Fsp3) is 0.875. The van der Waals surface area contributed by atoms with E-state index >= 15 is 0 Å². The summed E-state index contributed by atoms with van der Waals surface area (Å²) in [6.45, 7) is 2.62. The molecule has 1 heterocycles. The normalized spacial score (nSPS) is 28.9. The monoisotopic (exact) mass is 236 g/mol. The second-order valence-electron chi connectivity index (χ2n) is 3.77. The van der Waals surface area contributed by atoms with Gasteiger partial charge in [-0.3, -0.25) is 4.79 Å². The number of piperazine rings is 1.